The summed E-state index contributed by atoms with van der Waals surface area (Å²) < 4.78 is 18.6. The number of para-hydroxylation sites is 1. The molecule has 4 nitrogen and oxygen atoms in total. The SMILES string of the molecule is CC(C)NCc1cnc(Oc2ccccc2F)nc1. The van der Waals surface area contributed by atoms with Crippen molar-refractivity contribution in [2.45, 2.75) is 26.4 Å². The van der Waals surface area contributed by atoms with Gasteiger partial charge < -0.3 is 10.1 Å². The van der Waals surface area contributed by atoms with E-state index in [1.807, 2.05) is 0 Å². The molecule has 0 amide bonds. The lowest BCUT2D eigenvalue weighted by Crippen LogP contribution is -2.21. The highest BCUT2D eigenvalue weighted by Crippen LogP contribution is 2.20. The number of rotatable bonds is 5. The van der Waals surface area contributed by atoms with Gasteiger partial charge in [-0.15, -0.1) is 0 Å². The molecule has 0 radical (unpaired) electrons. The van der Waals surface area contributed by atoms with Crippen LogP contribution in [0.2, 0.25) is 0 Å². The minimum atomic E-state index is -0.434. The molecule has 100 valence electrons. The van der Waals surface area contributed by atoms with Gasteiger partial charge >= 0.3 is 6.01 Å². The van der Waals surface area contributed by atoms with Crippen molar-refractivity contribution in [2.75, 3.05) is 0 Å². The molecule has 1 aromatic carbocycles. The molecule has 19 heavy (non-hydrogen) atoms. The molecule has 2 aromatic rings. The first-order valence-electron chi connectivity index (χ1n) is 6.12. The number of hydrogen-bond donors (Lipinski definition) is 1. The normalized spacial score (nSPS) is 10.7. The fourth-order valence-corrected chi connectivity index (χ4v) is 1.43. The van der Waals surface area contributed by atoms with Crippen LogP contribution >= 0.6 is 0 Å². The van der Waals surface area contributed by atoms with E-state index in [-0.39, 0.29) is 11.8 Å². The number of nitrogens with zero attached hydrogens (tertiary/aromatic N) is 2. The van der Waals surface area contributed by atoms with E-state index >= 15 is 0 Å². The molecule has 1 aromatic heterocycles. The van der Waals surface area contributed by atoms with E-state index in [0.29, 0.717) is 12.6 Å². The van der Waals surface area contributed by atoms with E-state index in [0.717, 1.165) is 5.56 Å². The van der Waals surface area contributed by atoms with Gasteiger partial charge in [-0.3, -0.25) is 0 Å². The summed E-state index contributed by atoms with van der Waals surface area (Å²) in [6.07, 6.45) is 3.33. The van der Waals surface area contributed by atoms with Crippen LogP contribution in [0.1, 0.15) is 19.4 Å². The van der Waals surface area contributed by atoms with Crippen LogP contribution in [0.15, 0.2) is 36.7 Å². The lowest BCUT2D eigenvalue weighted by atomic mass is 10.3. The maximum Gasteiger partial charge on any atom is 0.321 e. The second kappa shape index (κ2) is 6.24. The Morgan fingerprint density at radius 1 is 1.21 bits per heavy atom. The third-order valence-electron chi connectivity index (χ3n) is 2.43. The van der Waals surface area contributed by atoms with E-state index in [2.05, 4.69) is 29.1 Å². The highest BCUT2D eigenvalue weighted by atomic mass is 19.1. The molecule has 2 rings (SSSR count). The molecule has 5 heteroatoms. The smallest absolute Gasteiger partial charge is 0.321 e. The molecule has 0 fully saturated rings. The number of hydrogen-bond acceptors (Lipinski definition) is 4. The minimum Gasteiger partial charge on any atom is -0.421 e. The third-order valence-corrected chi connectivity index (χ3v) is 2.43. The monoisotopic (exact) mass is 261 g/mol. The maximum absolute atomic E-state index is 13.4. The van der Waals surface area contributed by atoms with E-state index in [9.17, 15) is 4.39 Å². The molecule has 0 spiro atoms. The molecule has 0 bridgehead atoms. The Labute approximate surface area is 111 Å². The average molecular weight is 261 g/mol. The molecule has 0 aliphatic heterocycles. The zero-order valence-electron chi connectivity index (χ0n) is 10.9. The van der Waals surface area contributed by atoms with Gasteiger partial charge in [-0.1, -0.05) is 26.0 Å². The molecule has 1 heterocycles. The average Bonchev–Trinajstić information content (AvgIpc) is 2.40. The summed E-state index contributed by atoms with van der Waals surface area (Å²) in [4.78, 5) is 8.11. The standard InChI is InChI=1S/C14H16FN3O/c1-10(2)16-7-11-8-17-14(18-9-11)19-13-6-4-3-5-12(13)15/h3-6,8-10,16H,7H2,1-2H3. The van der Waals surface area contributed by atoms with Crippen molar-refractivity contribution in [2.24, 2.45) is 0 Å². The van der Waals surface area contributed by atoms with E-state index in [4.69, 9.17) is 4.74 Å². The van der Waals surface area contributed by atoms with Gasteiger partial charge in [-0.25, -0.2) is 14.4 Å². The first-order valence-corrected chi connectivity index (χ1v) is 6.12. The summed E-state index contributed by atoms with van der Waals surface area (Å²) in [5.41, 5.74) is 0.953. The molecule has 0 unspecified atom stereocenters. The molecule has 0 atom stereocenters. The molecule has 0 aliphatic rings. The Morgan fingerprint density at radius 3 is 2.53 bits per heavy atom. The van der Waals surface area contributed by atoms with E-state index in [1.165, 1.54) is 12.1 Å². The van der Waals surface area contributed by atoms with Gasteiger partial charge in [0.1, 0.15) is 0 Å². The minimum absolute atomic E-state index is 0.121. The molecule has 0 aliphatic carbocycles. The lowest BCUT2D eigenvalue weighted by molar-refractivity contribution is 0.410. The van der Waals surface area contributed by atoms with Crippen molar-refractivity contribution in [3.8, 4) is 11.8 Å². The summed E-state index contributed by atoms with van der Waals surface area (Å²) in [6.45, 7) is 4.82. The largest absolute Gasteiger partial charge is 0.421 e. The Morgan fingerprint density at radius 2 is 1.89 bits per heavy atom. The number of halogens is 1. The zero-order valence-corrected chi connectivity index (χ0v) is 10.9. The highest BCUT2D eigenvalue weighted by molar-refractivity contribution is 5.26. The first-order chi connectivity index (χ1) is 9.15. The summed E-state index contributed by atoms with van der Waals surface area (Å²) in [5, 5.41) is 3.26. The zero-order chi connectivity index (χ0) is 13.7. The molecular formula is C14H16FN3O. The van der Waals surface area contributed by atoms with Crippen molar-refractivity contribution in [1.29, 1.82) is 0 Å². The number of aromatic nitrogens is 2. The van der Waals surface area contributed by atoms with Gasteiger partial charge in [0, 0.05) is 30.5 Å². The van der Waals surface area contributed by atoms with Crippen molar-refractivity contribution >= 4 is 0 Å². The summed E-state index contributed by atoms with van der Waals surface area (Å²) in [5.74, 6) is -0.313. The van der Waals surface area contributed by atoms with Crippen molar-refractivity contribution in [3.63, 3.8) is 0 Å². The Balaban J connectivity index is 2.01. The second-order valence-electron chi connectivity index (χ2n) is 4.44. The van der Waals surface area contributed by atoms with Gasteiger partial charge in [0.25, 0.3) is 0 Å². The van der Waals surface area contributed by atoms with Crippen LogP contribution in [-0.2, 0) is 6.54 Å². The fourth-order valence-electron chi connectivity index (χ4n) is 1.43. The second-order valence-corrected chi connectivity index (χ2v) is 4.44. The van der Waals surface area contributed by atoms with Gasteiger partial charge in [-0.05, 0) is 12.1 Å². The molecule has 0 saturated heterocycles. The van der Waals surface area contributed by atoms with E-state index in [1.54, 1.807) is 24.5 Å². The number of nitrogens with one attached hydrogen (secondary N) is 1. The van der Waals surface area contributed by atoms with Crippen LogP contribution < -0.4 is 10.1 Å². The van der Waals surface area contributed by atoms with Crippen LogP contribution in [0.5, 0.6) is 11.8 Å². The molecule has 1 N–H and O–H groups in total. The topological polar surface area (TPSA) is 47.0 Å². The van der Waals surface area contributed by atoms with Crippen molar-refractivity contribution in [3.05, 3.63) is 48.0 Å². The fraction of sp³-hybridized carbons (Fsp3) is 0.286. The van der Waals surface area contributed by atoms with Crippen LogP contribution in [0.4, 0.5) is 4.39 Å². The Bertz CT molecular complexity index is 528. The quantitative estimate of drug-likeness (QED) is 0.899. The predicted molar refractivity (Wildman–Crippen MR) is 70.5 cm³/mol. The highest BCUT2D eigenvalue weighted by Gasteiger charge is 2.05. The van der Waals surface area contributed by atoms with Crippen molar-refractivity contribution in [1.82, 2.24) is 15.3 Å². The Kier molecular flexibility index (Phi) is 4.41. The maximum atomic E-state index is 13.4. The van der Waals surface area contributed by atoms with Crippen molar-refractivity contribution < 1.29 is 9.13 Å². The van der Waals surface area contributed by atoms with E-state index < -0.39 is 5.82 Å². The molecule has 0 saturated carbocycles. The third kappa shape index (κ3) is 3.99. The van der Waals surface area contributed by atoms with Gasteiger partial charge in [0.15, 0.2) is 11.6 Å². The predicted octanol–water partition coefficient (Wildman–Crippen LogP) is 2.91. The van der Waals surface area contributed by atoms with Gasteiger partial charge in [-0.2, -0.15) is 0 Å². The summed E-state index contributed by atoms with van der Waals surface area (Å²) in [6, 6.07) is 6.69. The van der Waals surface area contributed by atoms with Gasteiger partial charge in [0.05, 0.1) is 0 Å². The molecular weight excluding hydrogens is 245 g/mol. The van der Waals surface area contributed by atoms with Crippen LogP contribution in [0.3, 0.4) is 0 Å². The van der Waals surface area contributed by atoms with Crippen LogP contribution in [-0.4, -0.2) is 16.0 Å². The van der Waals surface area contributed by atoms with Crippen LogP contribution in [0.25, 0.3) is 0 Å². The number of ether oxygens (including phenoxy) is 1. The lowest BCUT2D eigenvalue weighted by Gasteiger charge is -2.08. The van der Waals surface area contributed by atoms with Crippen LogP contribution in [0, 0.1) is 5.82 Å². The summed E-state index contributed by atoms with van der Waals surface area (Å²) >= 11 is 0. The number of benzene rings is 1. The summed E-state index contributed by atoms with van der Waals surface area (Å²) in [7, 11) is 0. The Hall–Kier alpha value is -2.01. The first kappa shape index (κ1) is 13.4. The van der Waals surface area contributed by atoms with Gasteiger partial charge in [0.2, 0.25) is 0 Å².